The molecule has 1 fully saturated rings. The highest BCUT2D eigenvalue weighted by molar-refractivity contribution is 7.09. The summed E-state index contributed by atoms with van der Waals surface area (Å²) in [7, 11) is 0. The molecule has 2 rings (SSSR count). The highest BCUT2D eigenvalue weighted by atomic mass is 32.1. The van der Waals surface area contributed by atoms with E-state index < -0.39 is 5.79 Å². The molecule has 80 valence electrons. The van der Waals surface area contributed by atoms with E-state index in [4.69, 9.17) is 15.0 Å². The lowest BCUT2D eigenvalue weighted by molar-refractivity contribution is -0.152. The summed E-state index contributed by atoms with van der Waals surface area (Å²) in [6, 6.07) is 0. The van der Waals surface area contributed by atoms with Gasteiger partial charge in [0.05, 0.1) is 24.8 Å². The van der Waals surface area contributed by atoms with E-state index in [-0.39, 0.29) is 6.54 Å². The Labute approximate surface area is 90.5 Å². The van der Waals surface area contributed by atoms with Crippen molar-refractivity contribution < 1.29 is 9.47 Å². The SMILES string of the molecule is CC1(c2csc(CN=[N+]=[N-])n2)OCCO1. The number of azide groups is 1. The number of ether oxygens (including phenoxy) is 2. The van der Waals surface area contributed by atoms with Crippen LogP contribution >= 0.6 is 11.3 Å². The van der Waals surface area contributed by atoms with Crippen molar-refractivity contribution in [1.82, 2.24) is 4.98 Å². The summed E-state index contributed by atoms with van der Waals surface area (Å²) in [5.41, 5.74) is 8.93. The van der Waals surface area contributed by atoms with Crippen molar-refractivity contribution in [2.75, 3.05) is 13.2 Å². The van der Waals surface area contributed by atoms with Crippen molar-refractivity contribution in [2.24, 2.45) is 5.11 Å². The lowest BCUT2D eigenvalue weighted by Crippen LogP contribution is -2.22. The van der Waals surface area contributed by atoms with E-state index >= 15 is 0 Å². The van der Waals surface area contributed by atoms with Gasteiger partial charge >= 0.3 is 0 Å². The molecule has 0 spiro atoms. The quantitative estimate of drug-likeness (QED) is 0.450. The highest BCUT2D eigenvalue weighted by Crippen LogP contribution is 2.31. The number of thiazole rings is 1. The van der Waals surface area contributed by atoms with Crippen LogP contribution in [0.1, 0.15) is 17.6 Å². The summed E-state index contributed by atoms with van der Waals surface area (Å²) in [6.07, 6.45) is 0. The third-order valence-corrected chi connectivity index (χ3v) is 2.96. The van der Waals surface area contributed by atoms with Crippen LogP contribution < -0.4 is 0 Å². The van der Waals surface area contributed by atoms with Gasteiger partial charge < -0.3 is 9.47 Å². The van der Waals surface area contributed by atoms with E-state index in [0.717, 1.165) is 10.7 Å². The Kier molecular flexibility index (Phi) is 2.88. The van der Waals surface area contributed by atoms with E-state index in [1.165, 1.54) is 11.3 Å². The summed E-state index contributed by atoms with van der Waals surface area (Å²) in [4.78, 5) is 6.99. The number of hydrogen-bond donors (Lipinski definition) is 0. The van der Waals surface area contributed by atoms with Gasteiger partial charge in [0.2, 0.25) is 5.79 Å². The topological polar surface area (TPSA) is 80.1 Å². The van der Waals surface area contributed by atoms with Crippen molar-refractivity contribution in [2.45, 2.75) is 19.3 Å². The molecule has 15 heavy (non-hydrogen) atoms. The zero-order valence-electron chi connectivity index (χ0n) is 8.21. The Morgan fingerprint density at radius 3 is 3.07 bits per heavy atom. The van der Waals surface area contributed by atoms with Gasteiger partial charge in [-0.3, -0.25) is 0 Å². The maximum Gasteiger partial charge on any atom is 0.210 e. The first kappa shape index (κ1) is 10.4. The van der Waals surface area contributed by atoms with Gasteiger partial charge in [0.15, 0.2) is 0 Å². The number of aromatic nitrogens is 1. The van der Waals surface area contributed by atoms with Crippen molar-refractivity contribution in [3.63, 3.8) is 0 Å². The third kappa shape index (κ3) is 2.10. The minimum atomic E-state index is -0.731. The fourth-order valence-electron chi connectivity index (χ4n) is 1.35. The molecular formula is C8H10N4O2S. The van der Waals surface area contributed by atoms with Gasteiger partial charge in [0.25, 0.3) is 0 Å². The first-order valence-electron chi connectivity index (χ1n) is 4.48. The molecule has 0 saturated carbocycles. The standard InChI is InChI=1S/C8H10N4O2S/c1-8(13-2-3-14-8)6-5-15-7(11-6)4-10-12-9/h5H,2-4H2,1H3. The molecule has 1 aliphatic heterocycles. The van der Waals surface area contributed by atoms with Crippen molar-refractivity contribution in [3.05, 3.63) is 26.5 Å². The monoisotopic (exact) mass is 226 g/mol. The fraction of sp³-hybridized carbons (Fsp3) is 0.625. The zero-order chi connectivity index (χ0) is 10.7. The summed E-state index contributed by atoms with van der Waals surface area (Å²) in [5, 5.41) is 6.09. The molecule has 0 radical (unpaired) electrons. The van der Waals surface area contributed by atoms with Crippen molar-refractivity contribution in [1.29, 1.82) is 0 Å². The predicted octanol–water partition coefficient (Wildman–Crippen LogP) is 2.17. The minimum absolute atomic E-state index is 0.275. The number of nitrogens with zero attached hydrogens (tertiary/aromatic N) is 4. The predicted molar refractivity (Wildman–Crippen MR) is 54.2 cm³/mol. The second-order valence-electron chi connectivity index (χ2n) is 3.16. The molecule has 0 aromatic carbocycles. The molecule has 0 atom stereocenters. The lowest BCUT2D eigenvalue weighted by Gasteiger charge is -2.19. The van der Waals surface area contributed by atoms with Crippen LogP contribution in [0.3, 0.4) is 0 Å². The van der Waals surface area contributed by atoms with Crippen LogP contribution in [0.2, 0.25) is 0 Å². The summed E-state index contributed by atoms with van der Waals surface area (Å²) in [6.45, 7) is 3.28. The number of hydrogen-bond acceptors (Lipinski definition) is 5. The van der Waals surface area contributed by atoms with Gasteiger partial charge in [-0.1, -0.05) is 5.11 Å². The Balaban J connectivity index is 2.15. The van der Waals surface area contributed by atoms with Gasteiger partial charge in [-0.05, 0) is 12.5 Å². The van der Waals surface area contributed by atoms with Gasteiger partial charge in [-0.2, -0.15) is 0 Å². The van der Waals surface area contributed by atoms with Crippen LogP contribution in [-0.4, -0.2) is 18.2 Å². The van der Waals surface area contributed by atoms with Gasteiger partial charge in [-0.25, -0.2) is 4.98 Å². The van der Waals surface area contributed by atoms with Crippen LogP contribution in [-0.2, 0) is 21.8 Å². The van der Waals surface area contributed by atoms with Crippen LogP contribution in [0.25, 0.3) is 10.4 Å². The summed E-state index contributed by atoms with van der Waals surface area (Å²) < 4.78 is 10.9. The smallest absolute Gasteiger partial charge is 0.210 e. The van der Waals surface area contributed by atoms with Crippen LogP contribution in [0.15, 0.2) is 10.5 Å². The maximum atomic E-state index is 8.18. The molecule has 1 saturated heterocycles. The molecule has 0 aliphatic carbocycles. The minimum Gasteiger partial charge on any atom is -0.342 e. The second-order valence-corrected chi connectivity index (χ2v) is 4.10. The largest absolute Gasteiger partial charge is 0.342 e. The highest BCUT2D eigenvalue weighted by Gasteiger charge is 2.35. The average molecular weight is 226 g/mol. The number of rotatable bonds is 3. The summed E-state index contributed by atoms with van der Waals surface area (Å²) >= 11 is 1.44. The van der Waals surface area contributed by atoms with Gasteiger partial charge in [0, 0.05) is 10.3 Å². The molecule has 7 heteroatoms. The first-order chi connectivity index (χ1) is 7.24. The van der Waals surface area contributed by atoms with Crippen LogP contribution in [0.4, 0.5) is 0 Å². The van der Waals surface area contributed by atoms with E-state index in [1.54, 1.807) is 0 Å². The van der Waals surface area contributed by atoms with Gasteiger partial charge in [0.1, 0.15) is 5.69 Å². The van der Waals surface area contributed by atoms with E-state index in [1.807, 2.05) is 12.3 Å². The Hall–Kier alpha value is -1.14. The molecule has 6 nitrogen and oxygen atoms in total. The van der Waals surface area contributed by atoms with Crippen LogP contribution in [0.5, 0.6) is 0 Å². The second kappa shape index (κ2) is 4.16. The zero-order valence-corrected chi connectivity index (χ0v) is 9.03. The molecule has 0 unspecified atom stereocenters. The maximum absolute atomic E-state index is 8.18. The lowest BCUT2D eigenvalue weighted by atomic mass is 10.2. The molecule has 1 aliphatic rings. The Bertz CT molecular complexity index is 393. The van der Waals surface area contributed by atoms with Gasteiger partial charge in [-0.15, -0.1) is 11.3 Å². The molecule has 0 bridgehead atoms. The summed E-state index contributed by atoms with van der Waals surface area (Å²) in [5.74, 6) is -0.731. The van der Waals surface area contributed by atoms with Crippen molar-refractivity contribution >= 4 is 11.3 Å². The molecule has 1 aromatic heterocycles. The van der Waals surface area contributed by atoms with E-state index in [0.29, 0.717) is 13.2 Å². The molecule has 2 heterocycles. The van der Waals surface area contributed by atoms with E-state index in [9.17, 15) is 0 Å². The molecule has 1 aromatic rings. The Morgan fingerprint density at radius 1 is 1.67 bits per heavy atom. The van der Waals surface area contributed by atoms with Crippen molar-refractivity contribution in [3.8, 4) is 0 Å². The average Bonchev–Trinajstić information content (AvgIpc) is 2.84. The van der Waals surface area contributed by atoms with Crippen LogP contribution in [0, 0.1) is 0 Å². The normalized spacial score (nSPS) is 18.7. The van der Waals surface area contributed by atoms with E-state index in [2.05, 4.69) is 15.0 Å². The molecule has 0 N–H and O–H groups in total. The Morgan fingerprint density at radius 2 is 2.40 bits per heavy atom. The first-order valence-corrected chi connectivity index (χ1v) is 5.36. The molecular weight excluding hydrogens is 216 g/mol. The molecule has 0 amide bonds. The fourth-order valence-corrected chi connectivity index (χ4v) is 2.14. The third-order valence-electron chi connectivity index (χ3n) is 2.12.